The van der Waals surface area contributed by atoms with Gasteiger partial charge in [-0.25, -0.2) is 4.39 Å². The van der Waals surface area contributed by atoms with Gasteiger partial charge in [-0.2, -0.15) is 26.3 Å². The standard InChI is InChI=1S/C27H29F7N2O2.ClH/c1-14(16-10-17(26(29,30)31)12-18(11-16)27(32,33)34)38-23-9-8-20(21-13-22(36(2)3)25(37)35-21)24(23)15-4-6-19(28)7-5-15;/h4-7,10-12,14,20-24H,8-9,13H2,1-3H3,(H,35,37);1H/t14-,20+,21-,22-,23+,24+;/m1./s1. The first-order valence-corrected chi connectivity index (χ1v) is 12.3. The van der Waals surface area contributed by atoms with Crippen LogP contribution in [0.25, 0.3) is 0 Å². The van der Waals surface area contributed by atoms with E-state index in [2.05, 4.69) is 5.32 Å². The third kappa shape index (κ3) is 6.86. The Morgan fingerprint density at radius 2 is 1.51 bits per heavy atom. The van der Waals surface area contributed by atoms with Gasteiger partial charge in [0, 0.05) is 12.0 Å². The van der Waals surface area contributed by atoms with Crippen LogP contribution in [0.15, 0.2) is 42.5 Å². The largest absolute Gasteiger partial charge is 0.416 e. The summed E-state index contributed by atoms with van der Waals surface area (Å²) in [5.74, 6) is -1.02. The maximum atomic E-state index is 13.7. The van der Waals surface area contributed by atoms with Crippen LogP contribution in [-0.2, 0) is 21.9 Å². The van der Waals surface area contributed by atoms with Crippen molar-refractivity contribution in [3.05, 3.63) is 70.5 Å². The quantitative estimate of drug-likeness (QED) is 0.384. The minimum atomic E-state index is -4.96. The molecule has 2 fully saturated rings. The van der Waals surface area contributed by atoms with Crippen molar-refractivity contribution in [1.82, 2.24) is 10.2 Å². The Bertz CT molecular complexity index is 1120. The molecular weight excluding hydrogens is 553 g/mol. The van der Waals surface area contributed by atoms with Gasteiger partial charge in [0.1, 0.15) is 5.82 Å². The molecule has 0 spiro atoms. The number of nitrogens with zero attached hydrogens (tertiary/aromatic N) is 1. The van der Waals surface area contributed by atoms with E-state index >= 15 is 0 Å². The van der Waals surface area contributed by atoms with Gasteiger partial charge in [0.05, 0.1) is 29.4 Å². The molecule has 4 nitrogen and oxygen atoms in total. The molecule has 2 aromatic rings. The second-order valence-electron chi connectivity index (χ2n) is 10.3. The zero-order chi connectivity index (χ0) is 28.0. The molecule has 2 aromatic carbocycles. The van der Waals surface area contributed by atoms with Gasteiger partial charge in [-0.3, -0.25) is 9.69 Å². The van der Waals surface area contributed by atoms with E-state index in [0.29, 0.717) is 31.4 Å². The lowest BCUT2D eigenvalue weighted by molar-refractivity contribution is -0.143. The highest BCUT2D eigenvalue weighted by molar-refractivity contribution is 5.85. The van der Waals surface area contributed by atoms with E-state index in [0.717, 1.165) is 5.56 Å². The fraction of sp³-hybridized carbons (Fsp3) is 0.519. The van der Waals surface area contributed by atoms with Crippen LogP contribution < -0.4 is 5.32 Å². The molecule has 1 amide bonds. The van der Waals surface area contributed by atoms with Crippen molar-refractivity contribution in [2.75, 3.05) is 14.1 Å². The van der Waals surface area contributed by atoms with Crippen molar-refractivity contribution >= 4 is 18.3 Å². The first-order valence-electron chi connectivity index (χ1n) is 12.3. The van der Waals surface area contributed by atoms with Crippen molar-refractivity contribution in [2.45, 2.75) is 68.7 Å². The van der Waals surface area contributed by atoms with Crippen molar-refractivity contribution in [2.24, 2.45) is 5.92 Å². The fourth-order valence-corrected chi connectivity index (χ4v) is 5.71. The van der Waals surface area contributed by atoms with Crippen LogP contribution in [0.2, 0.25) is 0 Å². The van der Waals surface area contributed by atoms with E-state index < -0.39 is 41.5 Å². The summed E-state index contributed by atoms with van der Waals surface area (Å²) in [6.07, 6.45) is -9.96. The van der Waals surface area contributed by atoms with Gasteiger partial charge in [-0.15, -0.1) is 12.4 Å². The number of alkyl halides is 6. The lowest BCUT2D eigenvalue weighted by Gasteiger charge is -2.31. The predicted octanol–water partition coefficient (Wildman–Crippen LogP) is 6.74. The highest BCUT2D eigenvalue weighted by Crippen LogP contribution is 2.47. The molecule has 1 aliphatic heterocycles. The number of ether oxygens (including phenoxy) is 1. The second-order valence-corrected chi connectivity index (χ2v) is 10.3. The van der Waals surface area contributed by atoms with Crippen LogP contribution in [0.1, 0.15) is 60.5 Å². The van der Waals surface area contributed by atoms with E-state index in [4.69, 9.17) is 4.74 Å². The van der Waals surface area contributed by atoms with E-state index in [1.165, 1.54) is 19.1 Å². The van der Waals surface area contributed by atoms with Crippen LogP contribution in [0.5, 0.6) is 0 Å². The molecule has 4 rings (SSSR count). The molecule has 0 aromatic heterocycles. The van der Waals surface area contributed by atoms with Crippen LogP contribution in [0, 0.1) is 11.7 Å². The third-order valence-electron chi connectivity index (χ3n) is 7.61. The lowest BCUT2D eigenvalue weighted by atomic mass is 9.82. The Morgan fingerprint density at radius 3 is 2.00 bits per heavy atom. The van der Waals surface area contributed by atoms with Crippen molar-refractivity contribution < 1.29 is 40.3 Å². The van der Waals surface area contributed by atoms with Gasteiger partial charge in [0.25, 0.3) is 0 Å². The maximum absolute atomic E-state index is 13.7. The summed E-state index contributed by atoms with van der Waals surface area (Å²) < 4.78 is 100. The summed E-state index contributed by atoms with van der Waals surface area (Å²) in [4.78, 5) is 14.3. The van der Waals surface area contributed by atoms with Gasteiger partial charge in [0.2, 0.25) is 5.91 Å². The molecule has 39 heavy (non-hydrogen) atoms. The average molecular weight is 583 g/mol. The summed E-state index contributed by atoms with van der Waals surface area (Å²) >= 11 is 0. The number of carbonyl (C=O) groups excluding carboxylic acids is 1. The number of likely N-dealkylation sites (N-methyl/N-ethyl adjacent to an activating group) is 1. The highest BCUT2D eigenvalue weighted by atomic mass is 35.5. The Morgan fingerprint density at radius 1 is 0.949 bits per heavy atom. The number of amides is 1. The lowest BCUT2D eigenvalue weighted by Crippen LogP contribution is -2.37. The number of benzene rings is 2. The van der Waals surface area contributed by atoms with E-state index in [1.807, 2.05) is 4.90 Å². The zero-order valence-electron chi connectivity index (χ0n) is 21.4. The van der Waals surface area contributed by atoms with E-state index in [9.17, 15) is 35.5 Å². The number of hydrogen-bond acceptors (Lipinski definition) is 3. The normalized spacial score (nSPS) is 26.4. The predicted molar refractivity (Wildman–Crippen MR) is 133 cm³/mol. The Hall–Kier alpha value is -2.37. The molecule has 216 valence electrons. The van der Waals surface area contributed by atoms with Gasteiger partial charge < -0.3 is 10.1 Å². The molecule has 1 heterocycles. The smallest absolute Gasteiger partial charge is 0.370 e. The molecule has 12 heteroatoms. The van der Waals surface area contributed by atoms with Crippen LogP contribution >= 0.6 is 12.4 Å². The topological polar surface area (TPSA) is 41.6 Å². The zero-order valence-corrected chi connectivity index (χ0v) is 22.3. The maximum Gasteiger partial charge on any atom is 0.416 e. The van der Waals surface area contributed by atoms with Gasteiger partial charge in [-0.1, -0.05) is 12.1 Å². The Balaban J connectivity index is 0.00000420. The molecule has 2 aliphatic rings. The Labute approximate surface area is 228 Å². The summed E-state index contributed by atoms with van der Waals surface area (Å²) in [6, 6.07) is 6.71. The van der Waals surface area contributed by atoms with Crippen molar-refractivity contribution in [3.63, 3.8) is 0 Å². The first kappa shape index (κ1) is 31.2. The average Bonchev–Trinajstić information content (AvgIpc) is 3.41. The monoisotopic (exact) mass is 582 g/mol. The Kier molecular flexibility index (Phi) is 9.29. The van der Waals surface area contributed by atoms with Crippen molar-refractivity contribution in [3.8, 4) is 0 Å². The molecule has 0 bridgehead atoms. The summed E-state index contributed by atoms with van der Waals surface area (Å²) in [5, 5.41) is 3.03. The molecule has 1 aliphatic carbocycles. The molecule has 0 unspecified atom stereocenters. The number of carbonyl (C=O) groups is 1. The van der Waals surface area contributed by atoms with Crippen molar-refractivity contribution in [1.29, 1.82) is 0 Å². The van der Waals surface area contributed by atoms with Crippen LogP contribution in [0.3, 0.4) is 0 Å². The molecule has 0 radical (unpaired) electrons. The number of hydrogen-bond donors (Lipinski definition) is 1. The molecule has 6 atom stereocenters. The molecule has 1 saturated carbocycles. The highest BCUT2D eigenvalue weighted by Gasteiger charge is 2.47. The second kappa shape index (κ2) is 11.6. The molecule has 1 N–H and O–H groups in total. The number of nitrogens with one attached hydrogen (secondary N) is 1. The van der Waals surface area contributed by atoms with Crippen LogP contribution in [-0.4, -0.2) is 43.1 Å². The summed E-state index contributed by atoms with van der Waals surface area (Å²) in [6.45, 7) is 1.42. The number of rotatable bonds is 6. The summed E-state index contributed by atoms with van der Waals surface area (Å²) in [5.41, 5.74) is -2.31. The first-order chi connectivity index (χ1) is 17.6. The molecular formula is C27H30ClF7N2O2. The minimum absolute atomic E-state index is 0. The fourth-order valence-electron chi connectivity index (χ4n) is 5.71. The van der Waals surface area contributed by atoms with E-state index in [-0.39, 0.29) is 53.9 Å². The SMILES string of the molecule is C[C@@H](O[C@H]1CC[C@@H]([C@H]2C[C@@H](N(C)C)C(=O)N2)[C@@H]1c1ccc(F)cc1)c1cc(C(F)(F)F)cc(C(F)(F)F)c1.Cl. The summed E-state index contributed by atoms with van der Waals surface area (Å²) in [7, 11) is 3.60. The molecule has 1 saturated heterocycles. The van der Waals surface area contributed by atoms with Gasteiger partial charge >= 0.3 is 12.4 Å². The number of halogens is 8. The van der Waals surface area contributed by atoms with Crippen LogP contribution in [0.4, 0.5) is 30.7 Å². The van der Waals surface area contributed by atoms with Gasteiger partial charge in [0.15, 0.2) is 0 Å². The van der Waals surface area contributed by atoms with E-state index in [1.54, 1.807) is 26.2 Å². The minimum Gasteiger partial charge on any atom is -0.370 e. The third-order valence-corrected chi connectivity index (χ3v) is 7.61. The van der Waals surface area contributed by atoms with Gasteiger partial charge in [-0.05, 0) is 87.7 Å².